The van der Waals surface area contributed by atoms with Crippen LogP contribution < -0.4 is 9.47 Å². The smallest absolute Gasteiger partial charge is 0.255 e. The minimum absolute atomic E-state index is 0.0536. The number of ether oxygens (including phenoxy) is 2. The van der Waals surface area contributed by atoms with Gasteiger partial charge >= 0.3 is 0 Å². The maximum atomic E-state index is 13.1. The van der Waals surface area contributed by atoms with Gasteiger partial charge in [-0.05, 0) is 37.3 Å². The molecule has 1 aliphatic heterocycles. The van der Waals surface area contributed by atoms with E-state index in [9.17, 15) is 4.79 Å². The fourth-order valence-corrected chi connectivity index (χ4v) is 3.74. The van der Waals surface area contributed by atoms with Crippen LogP contribution in [0.25, 0.3) is 10.9 Å². The zero-order chi connectivity index (χ0) is 20.9. The van der Waals surface area contributed by atoms with Gasteiger partial charge in [0.05, 0.1) is 23.9 Å². The molecule has 0 radical (unpaired) electrons. The van der Waals surface area contributed by atoms with Gasteiger partial charge in [0, 0.05) is 44.2 Å². The van der Waals surface area contributed by atoms with Crippen LogP contribution in [0, 0.1) is 6.92 Å². The minimum Gasteiger partial charge on any atom is -0.497 e. The Bertz CT molecular complexity index is 1010. The summed E-state index contributed by atoms with van der Waals surface area (Å²) in [5.74, 6) is 1.71. The van der Waals surface area contributed by atoms with E-state index in [0.29, 0.717) is 25.3 Å². The normalized spacial score (nSPS) is 14.7. The van der Waals surface area contributed by atoms with Gasteiger partial charge < -0.3 is 14.4 Å². The molecular weight excluding hydrogens is 378 g/mol. The topological polar surface area (TPSA) is 54.9 Å². The van der Waals surface area contributed by atoms with Gasteiger partial charge in [0.2, 0.25) is 0 Å². The van der Waals surface area contributed by atoms with Crippen molar-refractivity contribution in [1.29, 1.82) is 0 Å². The minimum atomic E-state index is 0.0536. The van der Waals surface area contributed by atoms with Crippen LogP contribution in [0.2, 0.25) is 0 Å². The average Bonchev–Trinajstić information content (AvgIpc) is 2.79. The summed E-state index contributed by atoms with van der Waals surface area (Å²) in [6.45, 7) is 6.52. The Hall–Kier alpha value is -3.12. The van der Waals surface area contributed by atoms with E-state index < -0.39 is 0 Å². The summed E-state index contributed by atoms with van der Waals surface area (Å²) in [6, 6.07) is 17.5. The summed E-state index contributed by atoms with van der Waals surface area (Å²) in [5, 5.41) is 0.946. The van der Waals surface area contributed by atoms with E-state index >= 15 is 0 Å². The lowest BCUT2D eigenvalue weighted by Crippen LogP contribution is -2.49. The third kappa shape index (κ3) is 4.54. The zero-order valence-corrected chi connectivity index (χ0v) is 17.5. The number of piperazine rings is 1. The van der Waals surface area contributed by atoms with Crippen molar-refractivity contribution in [2.75, 3.05) is 46.4 Å². The molecule has 2 aromatic carbocycles. The number of nitrogens with zero attached hydrogens (tertiary/aromatic N) is 3. The van der Waals surface area contributed by atoms with Crippen molar-refractivity contribution in [3.63, 3.8) is 0 Å². The Balaban J connectivity index is 1.34. The second kappa shape index (κ2) is 9.13. The first-order valence-electron chi connectivity index (χ1n) is 10.3. The molecule has 30 heavy (non-hydrogen) atoms. The van der Waals surface area contributed by atoms with Crippen LogP contribution in [-0.2, 0) is 0 Å². The fraction of sp³-hybridized carbons (Fsp3) is 0.333. The fourth-order valence-electron chi connectivity index (χ4n) is 3.74. The molecule has 1 saturated heterocycles. The lowest BCUT2D eigenvalue weighted by molar-refractivity contribution is 0.0619. The molecule has 0 aliphatic carbocycles. The van der Waals surface area contributed by atoms with Gasteiger partial charge in [0.25, 0.3) is 5.91 Å². The predicted molar refractivity (Wildman–Crippen MR) is 117 cm³/mol. The van der Waals surface area contributed by atoms with E-state index in [2.05, 4.69) is 9.88 Å². The number of carbonyl (C=O) groups is 1. The summed E-state index contributed by atoms with van der Waals surface area (Å²) >= 11 is 0. The third-order valence-corrected chi connectivity index (χ3v) is 5.52. The van der Waals surface area contributed by atoms with E-state index in [-0.39, 0.29) is 5.91 Å². The number of methoxy groups -OCH3 is 1. The Morgan fingerprint density at radius 3 is 2.50 bits per heavy atom. The molecule has 0 N–H and O–H groups in total. The van der Waals surface area contributed by atoms with Gasteiger partial charge in [-0.1, -0.05) is 18.2 Å². The molecule has 6 heteroatoms. The lowest BCUT2D eigenvalue weighted by atomic mass is 10.1. The van der Waals surface area contributed by atoms with Crippen molar-refractivity contribution in [3.05, 3.63) is 65.9 Å². The number of hydrogen-bond acceptors (Lipinski definition) is 5. The number of aryl methyl sites for hydroxylation is 1. The van der Waals surface area contributed by atoms with Crippen molar-refractivity contribution < 1.29 is 14.3 Å². The summed E-state index contributed by atoms with van der Waals surface area (Å²) in [4.78, 5) is 22.0. The molecule has 1 aliphatic rings. The number of rotatable bonds is 6. The summed E-state index contributed by atoms with van der Waals surface area (Å²) in [7, 11) is 1.64. The number of aromatic nitrogens is 1. The van der Waals surface area contributed by atoms with E-state index in [4.69, 9.17) is 9.47 Å². The van der Waals surface area contributed by atoms with E-state index in [1.54, 1.807) is 7.11 Å². The van der Waals surface area contributed by atoms with Crippen LogP contribution in [0.1, 0.15) is 16.1 Å². The molecule has 0 bridgehead atoms. The number of amides is 1. The number of fused-ring (bicyclic) bond motifs is 1. The Morgan fingerprint density at radius 1 is 1.00 bits per heavy atom. The quantitative estimate of drug-likeness (QED) is 0.629. The second-order valence-corrected chi connectivity index (χ2v) is 7.48. The highest BCUT2D eigenvalue weighted by atomic mass is 16.5. The highest BCUT2D eigenvalue weighted by Gasteiger charge is 2.24. The summed E-state index contributed by atoms with van der Waals surface area (Å²) in [5.41, 5.74) is 2.26. The number of carbonyl (C=O) groups excluding carboxylic acids is 1. The number of benzene rings is 2. The maximum absolute atomic E-state index is 13.1. The third-order valence-electron chi connectivity index (χ3n) is 5.52. The van der Waals surface area contributed by atoms with E-state index in [0.717, 1.165) is 47.7 Å². The standard InChI is InChI=1S/C24H27N3O3/c1-18-22(16-19-8-9-21(29-2)17-23(19)25-18)24(28)27-12-10-26(11-13-27)14-15-30-20-6-4-3-5-7-20/h3-9,16-17H,10-15H2,1-2H3. The zero-order valence-electron chi connectivity index (χ0n) is 17.5. The van der Waals surface area contributed by atoms with Crippen molar-refractivity contribution in [3.8, 4) is 11.5 Å². The average molecular weight is 405 g/mol. The van der Waals surface area contributed by atoms with Crippen LogP contribution >= 0.6 is 0 Å². The molecule has 1 aromatic heterocycles. The van der Waals surface area contributed by atoms with Crippen LogP contribution in [-0.4, -0.2) is 67.1 Å². The first-order chi connectivity index (χ1) is 14.6. The molecule has 1 amide bonds. The molecule has 156 valence electrons. The van der Waals surface area contributed by atoms with Crippen molar-refractivity contribution in [2.24, 2.45) is 0 Å². The van der Waals surface area contributed by atoms with Gasteiger partial charge in [-0.3, -0.25) is 14.7 Å². The van der Waals surface area contributed by atoms with Crippen LogP contribution in [0.3, 0.4) is 0 Å². The Morgan fingerprint density at radius 2 is 1.77 bits per heavy atom. The molecule has 0 saturated carbocycles. The summed E-state index contributed by atoms with van der Waals surface area (Å²) in [6.07, 6.45) is 0. The van der Waals surface area contributed by atoms with Gasteiger partial charge in [0.15, 0.2) is 0 Å². The van der Waals surface area contributed by atoms with Crippen molar-refractivity contribution >= 4 is 16.8 Å². The Kier molecular flexibility index (Phi) is 6.14. The van der Waals surface area contributed by atoms with E-state index in [1.165, 1.54) is 0 Å². The molecule has 2 heterocycles. The number of para-hydroxylation sites is 1. The van der Waals surface area contributed by atoms with Gasteiger partial charge in [-0.25, -0.2) is 0 Å². The largest absolute Gasteiger partial charge is 0.497 e. The predicted octanol–water partition coefficient (Wildman–Crippen LogP) is 3.39. The lowest BCUT2D eigenvalue weighted by Gasteiger charge is -2.34. The van der Waals surface area contributed by atoms with Gasteiger partial charge in [-0.2, -0.15) is 0 Å². The summed E-state index contributed by atoms with van der Waals surface area (Å²) < 4.78 is 11.1. The SMILES string of the molecule is COc1ccc2cc(C(=O)N3CCN(CCOc4ccccc4)CC3)c(C)nc2c1. The molecule has 0 atom stereocenters. The number of pyridine rings is 1. The van der Waals surface area contributed by atoms with Crippen LogP contribution in [0.15, 0.2) is 54.6 Å². The highest BCUT2D eigenvalue weighted by molar-refractivity contribution is 5.98. The molecule has 3 aromatic rings. The first-order valence-corrected chi connectivity index (χ1v) is 10.3. The van der Waals surface area contributed by atoms with Crippen LogP contribution in [0.4, 0.5) is 0 Å². The van der Waals surface area contributed by atoms with Gasteiger partial charge in [-0.15, -0.1) is 0 Å². The molecule has 4 rings (SSSR count). The van der Waals surface area contributed by atoms with Crippen LogP contribution in [0.5, 0.6) is 11.5 Å². The van der Waals surface area contributed by atoms with Gasteiger partial charge in [0.1, 0.15) is 18.1 Å². The van der Waals surface area contributed by atoms with Crippen molar-refractivity contribution in [1.82, 2.24) is 14.8 Å². The maximum Gasteiger partial charge on any atom is 0.255 e. The highest BCUT2D eigenvalue weighted by Crippen LogP contribution is 2.23. The monoisotopic (exact) mass is 405 g/mol. The second-order valence-electron chi connectivity index (χ2n) is 7.48. The molecule has 0 spiro atoms. The Labute approximate surface area is 177 Å². The number of hydrogen-bond donors (Lipinski definition) is 0. The molecule has 0 unspecified atom stereocenters. The molecular formula is C24H27N3O3. The molecule has 6 nitrogen and oxygen atoms in total. The van der Waals surface area contributed by atoms with Crippen molar-refractivity contribution in [2.45, 2.75) is 6.92 Å². The van der Waals surface area contributed by atoms with E-state index in [1.807, 2.05) is 66.4 Å². The molecule has 1 fully saturated rings. The first kappa shape index (κ1) is 20.2.